The van der Waals surface area contributed by atoms with Gasteiger partial charge in [0.1, 0.15) is 11.2 Å². The van der Waals surface area contributed by atoms with E-state index >= 15 is 0 Å². The van der Waals surface area contributed by atoms with Crippen LogP contribution in [0.1, 0.15) is 86.5 Å². The number of carbonyl (C=O) groups is 6. The van der Waals surface area contributed by atoms with Gasteiger partial charge >= 0.3 is 24.4 Å². The maximum atomic E-state index is 12.6. The van der Waals surface area contributed by atoms with Gasteiger partial charge in [0.15, 0.2) is 0 Å². The van der Waals surface area contributed by atoms with Gasteiger partial charge in [0, 0.05) is 46.4 Å². The van der Waals surface area contributed by atoms with Crippen LogP contribution in [-0.2, 0) is 23.8 Å². The SMILES string of the molecule is COC(C(=O)NCCCCCCN=C(NC(=O)O)NC(=O)OC(C)(C)C)C(=O)NCCCCN(CCCNC(=O)O)C(=O)OC(C)(C)C. The number of amides is 6. The number of alkyl carbamates (subject to hydrolysis) is 1. The quantitative estimate of drug-likeness (QED) is 0.0450. The fourth-order valence-corrected chi connectivity index (χ4v) is 3.85. The molecule has 276 valence electrons. The molecule has 48 heavy (non-hydrogen) atoms. The molecule has 7 N–H and O–H groups in total. The smallest absolute Gasteiger partial charge is 0.414 e. The van der Waals surface area contributed by atoms with Gasteiger partial charge in [-0.15, -0.1) is 0 Å². The molecule has 0 aromatic rings. The zero-order valence-electron chi connectivity index (χ0n) is 29.2. The molecule has 6 amide bonds. The molecule has 0 aromatic heterocycles. The van der Waals surface area contributed by atoms with Crippen LogP contribution in [0.3, 0.4) is 0 Å². The Balaban J connectivity index is 4.48. The third-order valence-electron chi connectivity index (χ3n) is 5.90. The highest BCUT2D eigenvalue weighted by atomic mass is 16.6. The first kappa shape index (κ1) is 43.6. The number of carbonyl (C=O) groups excluding carboxylic acids is 4. The lowest BCUT2D eigenvalue weighted by Gasteiger charge is -2.27. The molecule has 0 fully saturated rings. The minimum atomic E-state index is -1.38. The first-order chi connectivity index (χ1) is 22.3. The van der Waals surface area contributed by atoms with Crippen molar-refractivity contribution in [2.24, 2.45) is 4.99 Å². The first-order valence-corrected chi connectivity index (χ1v) is 15.9. The molecule has 1 unspecified atom stereocenters. The molecule has 18 nitrogen and oxygen atoms in total. The molecule has 0 aliphatic heterocycles. The summed E-state index contributed by atoms with van der Waals surface area (Å²) in [6.45, 7) is 11.9. The van der Waals surface area contributed by atoms with Gasteiger partial charge in [0.05, 0.1) is 0 Å². The summed E-state index contributed by atoms with van der Waals surface area (Å²) in [5.74, 6) is -1.41. The van der Waals surface area contributed by atoms with E-state index in [-0.39, 0.29) is 25.6 Å². The van der Waals surface area contributed by atoms with Crippen LogP contribution in [0.15, 0.2) is 4.99 Å². The second kappa shape index (κ2) is 23.1. The van der Waals surface area contributed by atoms with E-state index < -0.39 is 53.5 Å². The summed E-state index contributed by atoms with van der Waals surface area (Å²) < 4.78 is 15.6. The summed E-state index contributed by atoms with van der Waals surface area (Å²) >= 11 is 0. The van der Waals surface area contributed by atoms with Crippen LogP contribution < -0.4 is 26.6 Å². The second-order valence-corrected chi connectivity index (χ2v) is 12.7. The Hall–Kier alpha value is -4.35. The number of carboxylic acid groups (broad SMARTS) is 2. The molecular formula is C30H55N7O11. The molecule has 1 atom stereocenters. The van der Waals surface area contributed by atoms with Crippen LogP contribution in [-0.4, -0.2) is 121 Å². The van der Waals surface area contributed by atoms with Crippen molar-refractivity contribution >= 4 is 42.1 Å². The molecule has 0 bridgehead atoms. The van der Waals surface area contributed by atoms with Crippen molar-refractivity contribution < 1.29 is 53.2 Å². The van der Waals surface area contributed by atoms with E-state index in [1.807, 2.05) is 5.32 Å². The topological polar surface area (TPSA) is 246 Å². The van der Waals surface area contributed by atoms with Gasteiger partial charge in [-0.1, -0.05) is 12.8 Å². The second-order valence-electron chi connectivity index (χ2n) is 12.7. The molecule has 0 radical (unpaired) electrons. The summed E-state index contributed by atoms with van der Waals surface area (Å²) in [7, 11) is 1.26. The summed E-state index contributed by atoms with van der Waals surface area (Å²) in [6, 6.07) is 0. The highest BCUT2D eigenvalue weighted by molar-refractivity contribution is 6.03. The van der Waals surface area contributed by atoms with Gasteiger partial charge in [-0.05, 0) is 73.6 Å². The molecule has 0 aromatic carbocycles. The lowest BCUT2D eigenvalue weighted by atomic mass is 10.2. The first-order valence-electron chi connectivity index (χ1n) is 15.9. The number of hydrogen-bond donors (Lipinski definition) is 7. The van der Waals surface area contributed by atoms with Gasteiger partial charge in [0.2, 0.25) is 12.1 Å². The van der Waals surface area contributed by atoms with Crippen LogP contribution in [0.5, 0.6) is 0 Å². The van der Waals surface area contributed by atoms with Crippen LogP contribution in [0.2, 0.25) is 0 Å². The summed E-state index contributed by atoms with van der Waals surface area (Å²) in [6.07, 6.45) is -1.13. The number of rotatable bonds is 19. The average molecular weight is 690 g/mol. The normalized spacial score (nSPS) is 12.3. The molecule has 0 rings (SSSR count). The Labute approximate surface area is 282 Å². The van der Waals surface area contributed by atoms with Crippen molar-refractivity contribution in [1.82, 2.24) is 31.5 Å². The van der Waals surface area contributed by atoms with Gasteiger partial charge in [0.25, 0.3) is 11.8 Å². The number of guanidine groups is 1. The molecule has 0 spiro atoms. The molecule has 0 saturated heterocycles. The summed E-state index contributed by atoms with van der Waals surface area (Å²) in [5.41, 5.74) is -1.45. The minimum absolute atomic E-state index is 0.186. The number of methoxy groups -OCH3 is 1. The predicted octanol–water partition coefficient (Wildman–Crippen LogP) is 2.62. The molecule has 0 heterocycles. The zero-order valence-corrected chi connectivity index (χ0v) is 29.2. The molecular weight excluding hydrogens is 634 g/mol. The fraction of sp³-hybridized carbons (Fsp3) is 0.767. The van der Waals surface area contributed by atoms with Crippen molar-refractivity contribution in [3.8, 4) is 0 Å². The maximum Gasteiger partial charge on any atom is 0.414 e. The van der Waals surface area contributed by atoms with Gasteiger partial charge in [-0.3, -0.25) is 25.2 Å². The van der Waals surface area contributed by atoms with Crippen molar-refractivity contribution in [2.75, 3.05) is 46.4 Å². The standard InChI is InChI=1S/C30H55N7O11/c1-29(2,3)47-27(44)36-24(35-26(42)43)33-17-11-9-8-10-15-31-22(38)21(46-7)23(39)32-16-12-13-19-37(20-14-18-34-25(40)41)28(45)48-30(4,5)6/h21,34H,8-20H2,1-7H3,(H,31,38)(H,32,39)(H,40,41)(H,42,43)(H2,33,35,36,44). The summed E-state index contributed by atoms with van der Waals surface area (Å²) in [5, 5.41) is 29.6. The third-order valence-corrected chi connectivity index (χ3v) is 5.90. The molecule has 0 aliphatic rings. The average Bonchev–Trinajstić information content (AvgIpc) is 2.93. The number of hydrogen-bond acceptors (Lipinski definition) is 10. The highest BCUT2D eigenvalue weighted by Gasteiger charge is 2.26. The fourth-order valence-electron chi connectivity index (χ4n) is 3.85. The lowest BCUT2D eigenvalue weighted by molar-refractivity contribution is -0.143. The van der Waals surface area contributed by atoms with Crippen LogP contribution >= 0.6 is 0 Å². The highest BCUT2D eigenvalue weighted by Crippen LogP contribution is 2.11. The minimum Gasteiger partial charge on any atom is -0.465 e. The van der Waals surface area contributed by atoms with Gasteiger partial charge in [-0.25, -0.2) is 19.2 Å². The van der Waals surface area contributed by atoms with Crippen LogP contribution in [0, 0.1) is 0 Å². The van der Waals surface area contributed by atoms with Crippen molar-refractivity contribution in [3.63, 3.8) is 0 Å². The van der Waals surface area contributed by atoms with Gasteiger partial charge in [-0.2, -0.15) is 0 Å². The number of unbranched alkanes of at least 4 members (excludes halogenated alkanes) is 4. The monoisotopic (exact) mass is 689 g/mol. The third kappa shape index (κ3) is 23.9. The Bertz CT molecular complexity index is 1070. The predicted molar refractivity (Wildman–Crippen MR) is 176 cm³/mol. The molecule has 0 saturated carbocycles. The van der Waals surface area contributed by atoms with E-state index in [4.69, 9.17) is 24.4 Å². The zero-order chi connectivity index (χ0) is 36.8. The largest absolute Gasteiger partial charge is 0.465 e. The molecule has 0 aliphatic carbocycles. The lowest BCUT2D eigenvalue weighted by Crippen LogP contribution is -2.47. The van der Waals surface area contributed by atoms with E-state index in [9.17, 15) is 28.8 Å². The number of nitrogens with zero attached hydrogens (tertiary/aromatic N) is 2. The van der Waals surface area contributed by atoms with Gasteiger partial charge < -0.3 is 45.3 Å². The number of ether oxygens (including phenoxy) is 3. The Kier molecular flexibility index (Phi) is 21.0. The Morgan fingerprint density at radius 3 is 1.71 bits per heavy atom. The van der Waals surface area contributed by atoms with Crippen molar-refractivity contribution in [3.05, 3.63) is 0 Å². The van der Waals surface area contributed by atoms with E-state index in [0.717, 1.165) is 6.42 Å². The van der Waals surface area contributed by atoms with E-state index in [2.05, 4.69) is 26.3 Å². The number of nitrogens with one attached hydrogen (secondary N) is 5. The van der Waals surface area contributed by atoms with E-state index in [1.165, 1.54) is 12.0 Å². The molecule has 18 heteroatoms. The van der Waals surface area contributed by atoms with E-state index in [0.29, 0.717) is 58.2 Å². The van der Waals surface area contributed by atoms with Crippen LogP contribution in [0.25, 0.3) is 0 Å². The Morgan fingerprint density at radius 1 is 0.667 bits per heavy atom. The van der Waals surface area contributed by atoms with Crippen LogP contribution in [0.4, 0.5) is 19.2 Å². The van der Waals surface area contributed by atoms with Crippen molar-refractivity contribution in [1.29, 1.82) is 0 Å². The van der Waals surface area contributed by atoms with E-state index in [1.54, 1.807) is 41.5 Å². The van der Waals surface area contributed by atoms with Crippen molar-refractivity contribution in [2.45, 2.75) is 104 Å². The summed E-state index contributed by atoms with van der Waals surface area (Å²) in [4.78, 5) is 76.7. The maximum absolute atomic E-state index is 12.6. The Morgan fingerprint density at radius 2 is 1.19 bits per heavy atom. The number of aliphatic imine (C=N–C) groups is 1.